The molecule has 1 aromatic carbocycles. The fourth-order valence-corrected chi connectivity index (χ4v) is 4.23. The summed E-state index contributed by atoms with van der Waals surface area (Å²) in [5.74, 6) is -2.38. The number of aromatic nitrogens is 4. The molecule has 10 heteroatoms. The number of fused-ring (bicyclic) bond motifs is 1. The highest BCUT2D eigenvalue weighted by Gasteiger charge is 2.27. The van der Waals surface area contributed by atoms with Crippen molar-refractivity contribution >= 4 is 17.5 Å². The number of carbonyl (C=O) groups excluding carboxylic acids is 1. The lowest BCUT2D eigenvalue weighted by Crippen LogP contribution is -2.34. The Labute approximate surface area is 189 Å². The second kappa shape index (κ2) is 8.22. The van der Waals surface area contributed by atoms with E-state index in [1.165, 1.54) is 6.07 Å². The Morgan fingerprint density at radius 1 is 1.22 bits per heavy atom. The van der Waals surface area contributed by atoms with Gasteiger partial charge in [-0.05, 0) is 56.5 Å². The summed E-state index contributed by atoms with van der Waals surface area (Å²) in [4.78, 5) is 18.4. The molecular formula is C22H23ClF2N6O. The zero-order valence-electron chi connectivity index (χ0n) is 18.0. The van der Waals surface area contributed by atoms with Crippen LogP contribution in [-0.4, -0.2) is 37.3 Å². The Balaban J connectivity index is 1.74. The highest BCUT2D eigenvalue weighted by atomic mass is 35.5. The van der Waals surface area contributed by atoms with Crippen LogP contribution < -0.4 is 5.73 Å². The highest BCUT2D eigenvalue weighted by molar-refractivity contribution is 6.30. The van der Waals surface area contributed by atoms with Crippen LogP contribution >= 0.6 is 11.6 Å². The fourth-order valence-electron chi connectivity index (χ4n) is 4.04. The third-order valence-corrected chi connectivity index (χ3v) is 5.65. The maximum Gasteiger partial charge on any atom is 0.267 e. The molecule has 32 heavy (non-hydrogen) atoms. The first kappa shape index (κ1) is 22.3. The smallest absolute Gasteiger partial charge is 0.267 e. The average molecular weight is 461 g/mol. The minimum absolute atomic E-state index is 0.0444. The van der Waals surface area contributed by atoms with Crippen LogP contribution in [0.4, 0.5) is 8.78 Å². The summed E-state index contributed by atoms with van der Waals surface area (Å²) in [6.45, 7) is 7.70. The van der Waals surface area contributed by atoms with Gasteiger partial charge < -0.3 is 5.73 Å². The van der Waals surface area contributed by atoms with Gasteiger partial charge in [0.15, 0.2) is 0 Å². The monoisotopic (exact) mass is 460 g/mol. The van der Waals surface area contributed by atoms with Crippen LogP contribution in [0, 0.1) is 11.6 Å². The van der Waals surface area contributed by atoms with E-state index < -0.39 is 17.5 Å². The van der Waals surface area contributed by atoms with Crippen molar-refractivity contribution in [1.82, 2.24) is 24.9 Å². The first-order valence-electron chi connectivity index (χ1n) is 10.1. The molecule has 0 saturated heterocycles. The molecule has 2 aromatic heterocycles. The lowest BCUT2D eigenvalue weighted by atomic mass is 9.92. The lowest BCUT2D eigenvalue weighted by molar-refractivity contribution is 0.0994. The number of primary amides is 1. The molecule has 1 aliphatic heterocycles. The fraction of sp³-hybridized carbons (Fsp3) is 0.364. The van der Waals surface area contributed by atoms with Gasteiger partial charge in [0.2, 0.25) is 0 Å². The first-order chi connectivity index (χ1) is 15.0. The van der Waals surface area contributed by atoms with E-state index in [-0.39, 0.29) is 27.4 Å². The Hall–Kier alpha value is -2.91. The Bertz CT molecular complexity index is 1180. The Kier molecular flexibility index (Phi) is 5.72. The van der Waals surface area contributed by atoms with Gasteiger partial charge in [0, 0.05) is 24.7 Å². The third kappa shape index (κ3) is 4.22. The van der Waals surface area contributed by atoms with Crippen molar-refractivity contribution in [3.8, 4) is 11.1 Å². The molecule has 0 radical (unpaired) electrons. The van der Waals surface area contributed by atoms with Crippen LogP contribution in [0.1, 0.15) is 48.2 Å². The molecule has 2 N–H and O–H groups in total. The molecule has 3 aromatic rings. The van der Waals surface area contributed by atoms with E-state index in [4.69, 9.17) is 17.3 Å². The molecule has 0 fully saturated rings. The van der Waals surface area contributed by atoms with Gasteiger partial charge in [0.1, 0.15) is 17.3 Å². The molecule has 0 spiro atoms. The van der Waals surface area contributed by atoms with Crippen LogP contribution in [0.2, 0.25) is 5.02 Å². The van der Waals surface area contributed by atoms with Crippen molar-refractivity contribution in [2.75, 3.05) is 6.54 Å². The average Bonchev–Trinajstić information content (AvgIpc) is 3.15. The van der Waals surface area contributed by atoms with Gasteiger partial charge in [0.05, 0.1) is 28.7 Å². The number of rotatable bonds is 4. The zero-order chi connectivity index (χ0) is 23.2. The van der Waals surface area contributed by atoms with Crippen molar-refractivity contribution in [3.63, 3.8) is 0 Å². The molecule has 4 rings (SSSR count). The van der Waals surface area contributed by atoms with E-state index in [1.807, 2.05) is 25.5 Å². The quantitative estimate of drug-likeness (QED) is 0.641. The van der Waals surface area contributed by atoms with Gasteiger partial charge in [-0.15, -0.1) is 5.10 Å². The van der Waals surface area contributed by atoms with E-state index in [9.17, 15) is 13.6 Å². The van der Waals surface area contributed by atoms with Crippen molar-refractivity contribution < 1.29 is 13.6 Å². The van der Waals surface area contributed by atoms with E-state index in [2.05, 4.69) is 20.2 Å². The normalized spacial score (nSPS) is 14.4. The van der Waals surface area contributed by atoms with Crippen molar-refractivity contribution in [3.05, 3.63) is 63.7 Å². The second-order valence-electron chi connectivity index (χ2n) is 8.86. The lowest BCUT2D eigenvalue weighted by Gasteiger charge is -2.31. The molecule has 7 nitrogen and oxygen atoms in total. The number of hydrogen-bond donors (Lipinski definition) is 1. The van der Waals surface area contributed by atoms with Crippen LogP contribution in [-0.2, 0) is 25.0 Å². The zero-order valence-corrected chi connectivity index (χ0v) is 18.7. The third-order valence-electron chi connectivity index (χ3n) is 5.43. The van der Waals surface area contributed by atoms with E-state index >= 15 is 0 Å². The number of carbonyl (C=O) groups is 1. The van der Waals surface area contributed by atoms with Crippen LogP contribution in [0.5, 0.6) is 0 Å². The predicted molar refractivity (Wildman–Crippen MR) is 116 cm³/mol. The van der Waals surface area contributed by atoms with Gasteiger partial charge in [-0.1, -0.05) is 16.8 Å². The van der Waals surface area contributed by atoms with Crippen LogP contribution in [0.25, 0.3) is 11.1 Å². The van der Waals surface area contributed by atoms with Gasteiger partial charge in [-0.25, -0.2) is 18.4 Å². The van der Waals surface area contributed by atoms with Crippen molar-refractivity contribution in [2.24, 2.45) is 5.73 Å². The number of nitrogens with zero attached hydrogens (tertiary/aromatic N) is 5. The number of amides is 1. The van der Waals surface area contributed by atoms with Gasteiger partial charge >= 0.3 is 0 Å². The molecule has 0 atom stereocenters. The molecule has 3 heterocycles. The summed E-state index contributed by atoms with van der Waals surface area (Å²) in [6.07, 6.45) is 2.22. The minimum Gasteiger partial charge on any atom is -0.364 e. The number of benzene rings is 1. The molecule has 1 aliphatic rings. The van der Waals surface area contributed by atoms with E-state index in [1.54, 1.807) is 6.20 Å². The number of nitrogens with two attached hydrogens (primary N) is 1. The summed E-state index contributed by atoms with van der Waals surface area (Å²) in [6, 6.07) is 3.45. The Morgan fingerprint density at radius 3 is 2.53 bits per heavy atom. The number of hydrogen-bond acceptors (Lipinski definition) is 5. The van der Waals surface area contributed by atoms with Crippen molar-refractivity contribution in [2.45, 2.75) is 45.8 Å². The summed E-state index contributed by atoms with van der Waals surface area (Å²) < 4.78 is 31.3. The molecule has 0 saturated carbocycles. The predicted octanol–water partition coefficient (Wildman–Crippen LogP) is 3.68. The van der Waals surface area contributed by atoms with E-state index in [0.717, 1.165) is 17.8 Å². The number of pyridine rings is 1. The maximum absolute atomic E-state index is 14.7. The standard InChI is InChI=1S/C22H23ClF2N6O/c1-22(2,3)31-13(9-27-29-31)10-30-5-4-14-15(8-18(21(26)32)28-19(14)11-30)20-16(24)6-12(23)7-17(20)25/h6-9H,4-5,10-11H2,1-3H3,(H2,26,32). The van der Waals surface area contributed by atoms with E-state index in [0.29, 0.717) is 37.3 Å². The molecule has 168 valence electrons. The minimum atomic E-state index is -0.804. The van der Waals surface area contributed by atoms with Gasteiger partial charge in [-0.2, -0.15) is 0 Å². The first-order valence-corrected chi connectivity index (χ1v) is 10.5. The maximum atomic E-state index is 14.7. The van der Waals surface area contributed by atoms with Crippen LogP contribution in [0.3, 0.4) is 0 Å². The molecule has 0 unspecified atom stereocenters. The summed E-state index contributed by atoms with van der Waals surface area (Å²) >= 11 is 5.78. The van der Waals surface area contributed by atoms with Crippen LogP contribution in [0.15, 0.2) is 24.4 Å². The summed E-state index contributed by atoms with van der Waals surface area (Å²) in [7, 11) is 0. The Morgan fingerprint density at radius 2 is 1.91 bits per heavy atom. The van der Waals surface area contributed by atoms with Gasteiger partial charge in [-0.3, -0.25) is 9.69 Å². The van der Waals surface area contributed by atoms with Gasteiger partial charge in [0.25, 0.3) is 5.91 Å². The number of halogens is 3. The largest absolute Gasteiger partial charge is 0.364 e. The topological polar surface area (TPSA) is 89.9 Å². The van der Waals surface area contributed by atoms with Crippen molar-refractivity contribution in [1.29, 1.82) is 0 Å². The molecular weight excluding hydrogens is 438 g/mol. The SMILES string of the molecule is CC(C)(C)n1nncc1CN1CCc2c(-c3c(F)cc(Cl)cc3F)cc(C(N)=O)nc2C1. The summed E-state index contributed by atoms with van der Waals surface area (Å²) in [5.41, 5.74) is 7.41. The summed E-state index contributed by atoms with van der Waals surface area (Å²) in [5, 5.41) is 8.17. The molecule has 1 amide bonds. The molecule has 0 aliphatic carbocycles. The molecule has 0 bridgehead atoms. The second-order valence-corrected chi connectivity index (χ2v) is 9.29. The highest BCUT2D eigenvalue weighted by Crippen LogP contribution is 2.35.